The lowest BCUT2D eigenvalue weighted by Crippen LogP contribution is -2.21. The van der Waals surface area contributed by atoms with Crippen LogP contribution in [0.4, 0.5) is 8.78 Å². The highest BCUT2D eigenvalue weighted by Crippen LogP contribution is 2.46. The highest BCUT2D eigenvalue weighted by molar-refractivity contribution is 5.99. The molecule has 0 radical (unpaired) electrons. The van der Waals surface area contributed by atoms with Crippen LogP contribution in [0.3, 0.4) is 0 Å². The van der Waals surface area contributed by atoms with E-state index < -0.39 is 11.8 Å². The van der Waals surface area contributed by atoms with Crippen LogP contribution in [-0.4, -0.2) is 33.0 Å². The summed E-state index contributed by atoms with van der Waals surface area (Å²) in [5.41, 5.74) is 3.56. The smallest absolute Gasteiger partial charge is 0.306 e. The number of hydrogen-bond acceptors (Lipinski definition) is 3. The van der Waals surface area contributed by atoms with Gasteiger partial charge in [-0.2, -0.15) is 5.10 Å². The normalized spacial score (nSPS) is 18.8. The Labute approximate surface area is 195 Å². The van der Waals surface area contributed by atoms with Crippen LogP contribution in [0.15, 0.2) is 30.5 Å². The van der Waals surface area contributed by atoms with Crippen molar-refractivity contribution in [2.45, 2.75) is 51.4 Å². The monoisotopic (exact) mass is 467 g/mol. The number of carboxylic acid groups (broad SMARTS) is 1. The van der Waals surface area contributed by atoms with Gasteiger partial charge in [-0.05, 0) is 61.3 Å². The van der Waals surface area contributed by atoms with E-state index in [0.717, 1.165) is 11.3 Å². The number of fused-ring (bicyclic) bond motifs is 2. The van der Waals surface area contributed by atoms with E-state index in [1.807, 2.05) is 10.6 Å². The topological polar surface area (TPSA) is 80.1 Å². The molecular formula is C26H27F2N3O3. The molecule has 0 amide bonds. The van der Waals surface area contributed by atoms with E-state index in [9.17, 15) is 14.3 Å². The molecule has 0 atom stereocenters. The zero-order valence-electron chi connectivity index (χ0n) is 19.4. The molecule has 4 aromatic rings. The molecular weight excluding hydrogens is 440 g/mol. The maximum atomic E-state index is 16.0. The largest absolute Gasteiger partial charge is 0.494 e. The molecule has 2 heterocycles. The third-order valence-corrected chi connectivity index (χ3v) is 7.11. The molecule has 5 rings (SSSR count). The Morgan fingerprint density at radius 1 is 1.21 bits per heavy atom. The van der Waals surface area contributed by atoms with Gasteiger partial charge in [0.15, 0.2) is 17.4 Å². The fraction of sp³-hybridized carbons (Fsp3) is 0.385. The number of methoxy groups -OCH3 is 1. The number of nitrogens with zero attached hydrogens (tertiary/aromatic N) is 2. The maximum Gasteiger partial charge on any atom is 0.306 e. The predicted molar refractivity (Wildman–Crippen MR) is 126 cm³/mol. The Morgan fingerprint density at radius 2 is 1.94 bits per heavy atom. The minimum atomic E-state index is -0.770. The molecule has 0 saturated heterocycles. The average Bonchev–Trinajstić information content (AvgIpc) is 3.43. The van der Waals surface area contributed by atoms with E-state index in [1.54, 1.807) is 18.3 Å². The second-order valence-electron chi connectivity index (χ2n) is 9.41. The number of benzene rings is 2. The van der Waals surface area contributed by atoms with Crippen LogP contribution in [0.5, 0.6) is 5.75 Å². The molecule has 0 aliphatic heterocycles. The number of H-pyrrole nitrogens is 1. The Bertz CT molecular complexity index is 1400. The maximum absolute atomic E-state index is 16.0. The Morgan fingerprint density at radius 3 is 2.59 bits per heavy atom. The summed E-state index contributed by atoms with van der Waals surface area (Å²) in [6.07, 6.45) is 4.05. The van der Waals surface area contributed by atoms with Gasteiger partial charge in [0.1, 0.15) is 5.52 Å². The molecule has 34 heavy (non-hydrogen) atoms. The van der Waals surface area contributed by atoms with Crippen LogP contribution in [0.1, 0.15) is 62.6 Å². The summed E-state index contributed by atoms with van der Waals surface area (Å²) in [5.74, 6) is -1.80. The molecule has 0 spiro atoms. The molecule has 2 aromatic carbocycles. The summed E-state index contributed by atoms with van der Waals surface area (Å²) in [6.45, 7) is 4.12. The van der Waals surface area contributed by atoms with Crippen molar-refractivity contribution in [3.8, 4) is 11.4 Å². The molecule has 1 aliphatic carbocycles. The molecule has 178 valence electrons. The zero-order valence-corrected chi connectivity index (χ0v) is 19.4. The highest BCUT2D eigenvalue weighted by Gasteiger charge is 2.33. The first-order valence-corrected chi connectivity index (χ1v) is 11.6. The lowest BCUT2D eigenvalue weighted by molar-refractivity contribution is -0.142. The lowest BCUT2D eigenvalue weighted by Gasteiger charge is -2.28. The first kappa shape index (κ1) is 22.4. The first-order valence-electron chi connectivity index (χ1n) is 11.6. The number of rotatable bonds is 5. The summed E-state index contributed by atoms with van der Waals surface area (Å²) in [4.78, 5) is 11.5. The van der Waals surface area contributed by atoms with Gasteiger partial charge in [0.25, 0.3) is 0 Å². The summed E-state index contributed by atoms with van der Waals surface area (Å²) in [6, 6.07) is 6.56. The first-order chi connectivity index (χ1) is 16.3. The van der Waals surface area contributed by atoms with Gasteiger partial charge >= 0.3 is 5.97 Å². The third-order valence-electron chi connectivity index (χ3n) is 7.11. The van der Waals surface area contributed by atoms with E-state index in [0.29, 0.717) is 53.2 Å². The number of aromatic nitrogens is 3. The Hall–Kier alpha value is -3.42. The minimum Gasteiger partial charge on any atom is -0.494 e. The van der Waals surface area contributed by atoms with Crippen molar-refractivity contribution in [2.75, 3.05) is 7.11 Å². The number of ether oxygens (including phenoxy) is 1. The molecule has 1 fully saturated rings. The van der Waals surface area contributed by atoms with Crippen molar-refractivity contribution < 1.29 is 23.4 Å². The van der Waals surface area contributed by atoms with Gasteiger partial charge in [-0.15, -0.1) is 0 Å². The molecule has 0 unspecified atom stereocenters. The SMILES string of the molecule is COc1cc(-n2c(C(C)C)c(C3CCC(C(=O)O)CC3)c3c(F)c4[nH]ncc4cc32)ccc1F. The Kier molecular flexibility index (Phi) is 5.54. The van der Waals surface area contributed by atoms with Crippen LogP contribution in [0, 0.1) is 17.6 Å². The van der Waals surface area contributed by atoms with Gasteiger partial charge < -0.3 is 14.4 Å². The van der Waals surface area contributed by atoms with Crippen LogP contribution in [0.2, 0.25) is 0 Å². The number of nitrogens with one attached hydrogen (secondary N) is 1. The van der Waals surface area contributed by atoms with Gasteiger partial charge in [0.05, 0.1) is 24.7 Å². The van der Waals surface area contributed by atoms with Crippen molar-refractivity contribution >= 4 is 27.8 Å². The number of hydrogen-bond donors (Lipinski definition) is 2. The quantitative estimate of drug-likeness (QED) is 0.362. The molecule has 1 saturated carbocycles. The van der Waals surface area contributed by atoms with Crippen molar-refractivity contribution in [2.24, 2.45) is 5.92 Å². The van der Waals surface area contributed by atoms with Gasteiger partial charge in [-0.25, -0.2) is 8.78 Å². The van der Waals surface area contributed by atoms with E-state index in [2.05, 4.69) is 24.0 Å². The highest BCUT2D eigenvalue weighted by atomic mass is 19.1. The second-order valence-corrected chi connectivity index (χ2v) is 9.41. The number of aliphatic carboxylic acids is 1. The van der Waals surface area contributed by atoms with Crippen LogP contribution >= 0.6 is 0 Å². The third kappa shape index (κ3) is 3.43. The van der Waals surface area contributed by atoms with E-state index in [1.165, 1.54) is 13.2 Å². The zero-order chi connectivity index (χ0) is 24.1. The van der Waals surface area contributed by atoms with Gasteiger partial charge in [0, 0.05) is 28.2 Å². The standard InChI is InChI=1S/C26H27F2N3O3/c1-13(2)25-21(14-4-6-15(7-5-14)26(32)33)22-19(10-16-12-29-30-24(16)23(22)28)31(25)17-8-9-18(27)20(11-17)34-3/h8-15H,4-7H2,1-3H3,(H,29,30)(H,32,33). The van der Waals surface area contributed by atoms with E-state index in [-0.39, 0.29) is 29.3 Å². The minimum absolute atomic E-state index is 0.0222. The molecule has 8 heteroatoms. The van der Waals surface area contributed by atoms with Crippen molar-refractivity contribution in [3.63, 3.8) is 0 Å². The summed E-state index contributed by atoms with van der Waals surface area (Å²) >= 11 is 0. The molecule has 2 aromatic heterocycles. The van der Waals surface area contributed by atoms with Crippen LogP contribution in [-0.2, 0) is 4.79 Å². The van der Waals surface area contributed by atoms with Gasteiger partial charge in [-0.1, -0.05) is 13.8 Å². The van der Waals surface area contributed by atoms with E-state index >= 15 is 4.39 Å². The summed E-state index contributed by atoms with van der Waals surface area (Å²) < 4.78 is 37.5. The average molecular weight is 468 g/mol. The van der Waals surface area contributed by atoms with Crippen LogP contribution in [0.25, 0.3) is 27.5 Å². The number of carboxylic acids is 1. The molecule has 6 nitrogen and oxygen atoms in total. The van der Waals surface area contributed by atoms with Crippen molar-refractivity contribution in [3.05, 3.63) is 53.4 Å². The molecule has 0 bridgehead atoms. The molecule has 2 N–H and O–H groups in total. The van der Waals surface area contributed by atoms with Gasteiger partial charge in [0.2, 0.25) is 0 Å². The Balaban J connectivity index is 1.82. The van der Waals surface area contributed by atoms with Crippen LogP contribution < -0.4 is 4.74 Å². The van der Waals surface area contributed by atoms with Gasteiger partial charge in [-0.3, -0.25) is 9.89 Å². The van der Waals surface area contributed by atoms with Crippen molar-refractivity contribution in [1.29, 1.82) is 0 Å². The summed E-state index contributed by atoms with van der Waals surface area (Å²) in [5, 5.41) is 17.4. The fourth-order valence-electron chi connectivity index (χ4n) is 5.53. The second kappa shape index (κ2) is 8.42. The predicted octanol–water partition coefficient (Wildman–Crippen LogP) is 6.28. The number of aromatic amines is 1. The number of halogens is 2. The lowest BCUT2D eigenvalue weighted by atomic mass is 9.77. The molecule has 1 aliphatic rings. The fourth-order valence-corrected chi connectivity index (χ4v) is 5.53. The van der Waals surface area contributed by atoms with E-state index in [4.69, 9.17) is 4.74 Å². The number of carbonyl (C=O) groups is 1. The summed E-state index contributed by atoms with van der Waals surface area (Å²) in [7, 11) is 1.42. The van der Waals surface area contributed by atoms with Crippen molar-refractivity contribution in [1.82, 2.24) is 14.8 Å².